The minimum atomic E-state index is -0.334. The maximum Gasteiger partial charge on any atom is 0.319 e. The molecule has 0 spiro atoms. The Morgan fingerprint density at radius 3 is 2.27 bits per heavy atom. The zero-order chi connectivity index (χ0) is 19.9. The SMILES string of the molecule is CCN(CC)C(CNC(=O)Nc1cc(C(=O)N(C)C)ccc1Cl)C(C)C. The van der Waals surface area contributed by atoms with Gasteiger partial charge in [-0.3, -0.25) is 9.69 Å². The van der Waals surface area contributed by atoms with E-state index in [9.17, 15) is 9.59 Å². The van der Waals surface area contributed by atoms with Gasteiger partial charge in [-0.25, -0.2) is 4.79 Å². The van der Waals surface area contributed by atoms with Crippen LogP contribution in [0.2, 0.25) is 5.02 Å². The standard InChI is InChI=1S/C19H31ClN4O2/c1-7-24(8-2)17(13(3)4)12-21-19(26)22-16-11-14(9-10-15(16)20)18(25)23(5)6/h9-11,13,17H,7-8,12H2,1-6H3,(H2,21,22,26). The van der Waals surface area contributed by atoms with Crippen LogP contribution in [0.15, 0.2) is 18.2 Å². The van der Waals surface area contributed by atoms with E-state index in [-0.39, 0.29) is 18.0 Å². The van der Waals surface area contributed by atoms with Crippen LogP contribution in [0.3, 0.4) is 0 Å². The fourth-order valence-corrected chi connectivity index (χ4v) is 3.02. The lowest BCUT2D eigenvalue weighted by molar-refractivity contribution is 0.0827. The average Bonchev–Trinajstić information content (AvgIpc) is 2.59. The summed E-state index contributed by atoms with van der Waals surface area (Å²) in [5, 5.41) is 6.05. The maximum absolute atomic E-state index is 12.3. The molecule has 1 atom stereocenters. The number of anilines is 1. The Morgan fingerprint density at radius 2 is 1.77 bits per heavy atom. The topological polar surface area (TPSA) is 64.7 Å². The Kier molecular flexibility index (Phi) is 8.88. The van der Waals surface area contributed by atoms with Crippen LogP contribution in [0.25, 0.3) is 0 Å². The van der Waals surface area contributed by atoms with Gasteiger partial charge in [0.1, 0.15) is 0 Å². The summed E-state index contributed by atoms with van der Waals surface area (Å²) in [6.45, 7) is 10.9. The zero-order valence-electron chi connectivity index (χ0n) is 16.6. The number of amides is 3. The predicted molar refractivity (Wildman–Crippen MR) is 108 cm³/mol. The van der Waals surface area contributed by atoms with E-state index >= 15 is 0 Å². The van der Waals surface area contributed by atoms with Crippen LogP contribution in [-0.2, 0) is 0 Å². The molecule has 0 bridgehead atoms. The molecule has 0 saturated carbocycles. The normalized spacial score (nSPS) is 12.2. The molecular formula is C19H31ClN4O2. The molecule has 146 valence electrons. The fraction of sp³-hybridized carbons (Fsp3) is 0.579. The number of benzene rings is 1. The summed E-state index contributed by atoms with van der Waals surface area (Å²) in [6.07, 6.45) is 0. The minimum absolute atomic E-state index is 0.147. The lowest BCUT2D eigenvalue weighted by Gasteiger charge is -2.32. The number of urea groups is 1. The summed E-state index contributed by atoms with van der Waals surface area (Å²) >= 11 is 6.16. The van der Waals surface area contributed by atoms with Gasteiger partial charge in [0.25, 0.3) is 5.91 Å². The highest BCUT2D eigenvalue weighted by molar-refractivity contribution is 6.33. The van der Waals surface area contributed by atoms with E-state index in [0.29, 0.717) is 28.7 Å². The average molecular weight is 383 g/mol. The van der Waals surface area contributed by atoms with Crippen LogP contribution >= 0.6 is 11.6 Å². The summed E-state index contributed by atoms with van der Waals surface area (Å²) < 4.78 is 0. The summed E-state index contributed by atoms with van der Waals surface area (Å²) in [5.41, 5.74) is 0.888. The maximum atomic E-state index is 12.3. The van der Waals surface area contributed by atoms with Crippen molar-refractivity contribution in [3.05, 3.63) is 28.8 Å². The first-order valence-corrected chi connectivity index (χ1v) is 9.39. The van der Waals surface area contributed by atoms with Crippen LogP contribution < -0.4 is 10.6 Å². The molecule has 1 aromatic carbocycles. The van der Waals surface area contributed by atoms with Gasteiger partial charge in [0.2, 0.25) is 0 Å². The van der Waals surface area contributed by atoms with Crippen LogP contribution in [0.4, 0.5) is 10.5 Å². The molecule has 1 rings (SSSR count). The molecule has 0 aliphatic carbocycles. The third-order valence-electron chi connectivity index (χ3n) is 4.39. The summed E-state index contributed by atoms with van der Waals surface area (Å²) in [5.74, 6) is 0.270. The molecule has 0 heterocycles. The lowest BCUT2D eigenvalue weighted by Crippen LogP contribution is -2.47. The highest BCUT2D eigenvalue weighted by Crippen LogP contribution is 2.23. The Balaban J connectivity index is 2.78. The van der Waals surface area contributed by atoms with Crippen molar-refractivity contribution >= 4 is 29.2 Å². The first kappa shape index (κ1) is 22.3. The molecule has 0 aliphatic rings. The van der Waals surface area contributed by atoms with Gasteiger partial charge in [0.05, 0.1) is 10.7 Å². The van der Waals surface area contributed by atoms with Gasteiger partial charge < -0.3 is 15.5 Å². The molecular weight excluding hydrogens is 352 g/mol. The number of rotatable bonds is 8. The quantitative estimate of drug-likeness (QED) is 0.722. The lowest BCUT2D eigenvalue weighted by atomic mass is 10.0. The molecule has 0 aliphatic heterocycles. The van der Waals surface area contributed by atoms with Crippen molar-refractivity contribution in [3.8, 4) is 0 Å². The Labute approximate surface area is 161 Å². The smallest absolute Gasteiger partial charge is 0.319 e. The van der Waals surface area contributed by atoms with Gasteiger partial charge in [-0.05, 0) is 37.2 Å². The van der Waals surface area contributed by atoms with Crippen molar-refractivity contribution in [3.63, 3.8) is 0 Å². The third kappa shape index (κ3) is 6.18. The number of hydrogen-bond donors (Lipinski definition) is 2. The minimum Gasteiger partial charge on any atom is -0.345 e. The van der Waals surface area contributed by atoms with Crippen molar-refractivity contribution in [2.45, 2.75) is 33.7 Å². The van der Waals surface area contributed by atoms with Gasteiger partial charge in [-0.1, -0.05) is 39.3 Å². The monoisotopic (exact) mass is 382 g/mol. The van der Waals surface area contributed by atoms with E-state index < -0.39 is 0 Å². The van der Waals surface area contributed by atoms with Crippen LogP contribution in [0.5, 0.6) is 0 Å². The Bertz CT molecular complexity index is 616. The van der Waals surface area contributed by atoms with Crippen molar-refractivity contribution in [1.82, 2.24) is 15.1 Å². The second-order valence-corrected chi connectivity index (χ2v) is 7.17. The third-order valence-corrected chi connectivity index (χ3v) is 4.72. The van der Waals surface area contributed by atoms with Crippen molar-refractivity contribution in [2.75, 3.05) is 39.0 Å². The fourth-order valence-electron chi connectivity index (χ4n) is 2.86. The molecule has 26 heavy (non-hydrogen) atoms. The first-order chi connectivity index (χ1) is 12.2. The predicted octanol–water partition coefficient (Wildman–Crippen LogP) is 3.53. The van der Waals surface area contributed by atoms with Gasteiger partial charge >= 0.3 is 6.03 Å². The van der Waals surface area contributed by atoms with E-state index in [1.165, 1.54) is 4.90 Å². The van der Waals surface area contributed by atoms with Gasteiger partial charge in [0.15, 0.2) is 0 Å². The molecule has 3 amide bonds. The molecule has 2 N–H and O–H groups in total. The van der Waals surface area contributed by atoms with E-state index in [1.807, 2.05) is 0 Å². The van der Waals surface area contributed by atoms with Crippen molar-refractivity contribution < 1.29 is 9.59 Å². The molecule has 0 radical (unpaired) electrons. The number of hydrogen-bond acceptors (Lipinski definition) is 3. The van der Waals surface area contributed by atoms with Crippen LogP contribution in [0.1, 0.15) is 38.1 Å². The molecule has 1 unspecified atom stereocenters. The second kappa shape index (κ2) is 10.4. The van der Waals surface area contributed by atoms with Crippen LogP contribution in [0, 0.1) is 5.92 Å². The van der Waals surface area contributed by atoms with Gasteiger partial charge in [-0.15, -0.1) is 0 Å². The zero-order valence-corrected chi connectivity index (χ0v) is 17.4. The number of nitrogens with zero attached hydrogens (tertiary/aromatic N) is 2. The van der Waals surface area contributed by atoms with E-state index in [1.54, 1.807) is 32.3 Å². The van der Waals surface area contributed by atoms with E-state index in [4.69, 9.17) is 11.6 Å². The number of halogens is 1. The van der Waals surface area contributed by atoms with E-state index in [2.05, 4.69) is 43.2 Å². The number of carbonyl (C=O) groups excluding carboxylic acids is 2. The number of carbonyl (C=O) groups is 2. The summed E-state index contributed by atoms with van der Waals surface area (Å²) in [4.78, 5) is 28.2. The van der Waals surface area contributed by atoms with Gasteiger partial charge in [0, 0.05) is 32.2 Å². The van der Waals surface area contributed by atoms with E-state index in [0.717, 1.165) is 13.1 Å². The molecule has 0 saturated heterocycles. The number of nitrogens with one attached hydrogen (secondary N) is 2. The first-order valence-electron chi connectivity index (χ1n) is 9.01. The second-order valence-electron chi connectivity index (χ2n) is 6.76. The van der Waals surface area contributed by atoms with Crippen molar-refractivity contribution in [1.29, 1.82) is 0 Å². The Hall–Kier alpha value is -1.79. The molecule has 6 nitrogen and oxygen atoms in total. The Morgan fingerprint density at radius 1 is 1.15 bits per heavy atom. The van der Waals surface area contributed by atoms with Crippen LogP contribution in [-0.4, -0.2) is 61.5 Å². The van der Waals surface area contributed by atoms with Gasteiger partial charge in [-0.2, -0.15) is 0 Å². The highest BCUT2D eigenvalue weighted by atomic mass is 35.5. The highest BCUT2D eigenvalue weighted by Gasteiger charge is 2.20. The summed E-state index contributed by atoms with van der Waals surface area (Å²) in [7, 11) is 3.35. The molecule has 7 heteroatoms. The molecule has 1 aromatic rings. The molecule has 0 aromatic heterocycles. The summed E-state index contributed by atoms with van der Waals surface area (Å²) in [6, 6.07) is 4.77. The molecule has 0 fully saturated rings. The van der Waals surface area contributed by atoms with Crippen molar-refractivity contribution in [2.24, 2.45) is 5.92 Å². The largest absolute Gasteiger partial charge is 0.345 e. The number of likely N-dealkylation sites (N-methyl/N-ethyl adjacent to an activating group) is 1.